The molecule has 11 heteroatoms. The van der Waals surface area contributed by atoms with Crippen molar-refractivity contribution in [1.82, 2.24) is 0 Å². The van der Waals surface area contributed by atoms with Crippen molar-refractivity contribution >= 4 is 31.6 Å². The maximum absolute atomic E-state index is 13.8. The maximum Gasteiger partial charge on any atom is 0.387 e. The smallest absolute Gasteiger partial charge is 0.387 e. The van der Waals surface area contributed by atoms with E-state index in [4.69, 9.17) is 4.74 Å². The van der Waals surface area contributed by atoms with Crippen LogP contribution in [0.3, 0.4) is 0 Å². The number of ether oxygens (including phenoxy) is 2. The van der Waals surface area contributed by atoms with Crippen molar-refractivity contribution in [2.45, 2.75) is 11.5 Å². The Balaban J connectivity index is 2.42. The minimum absolute atomic E-state index is 0.0580. The Morgan fingerprint density at radius 2 is 1.80 bits per heavy atom. The van der Waals surface area contributed by atoms with Gasteiger partial charge >= 0.3 is 6.61 Å². The molecule has 0 unspecified atom stereocenters. The fourth-order valence-corrected chi connectivity index (χ4v) is 4.14. The number of rotatable bonds is 6. The van der Waals surface area contributed by atoms with E-state index < -0.39 is 38.9 Å². The summed E-state index contributed by atoms with van der Waals surface area (Å²) in [5, 5.41) is 0. The van der Waals surface area contributed by atoms with Crippen molar-refractivity contribution < 1.29 is 35.5 Å². The number of methoxy groups -OCH3 is 1. The van der Waals surface area contributed by atoms with Crippen LogP contribution in [0, 0.1) is 11.6 Å². The topological polar surface area (TPSA) is 64.6 Å². The lowest BCUT2D eigenvalue weighted by molar-refractivity contribution is -0.0511. The van der Waals surface area contributed by atoms with E-state index in [1.54, 1.807) is 0 Å². The molecule has 0 spiro atoms. The summed E-state index contributed by atoms with van der Waals surface area (Å²) < 4.78 is 87.1. The van der Waals surface area contributed by atoms with Crippen LogP contribution in [0.25, 0.3) is 0 Å². The SMILES string of the molecule is COc1ccc(NS(=O)(=O)c2c(F)cc(F)cc2Br)cc1OC(F)F. The van der Waals surface area contributed by atoms with Crippen LogP contribution in [0.2, 0.25) is 0 Å². The van der Waals surface area contributed by atoms with Crippen molar-refractivity contribution in [3.8, 4) is 11.5 Å². The highest BCUT2D eigenvalue weighted by molar-refractivity contribution is 9.10. The van der Waals surface area contributed by atoms with Crippen LogP contribution < -0.4 is 14.2 Å². The van der Waals surface area contributed by atoms with Gasteiger partial charge in [-0.3, -0.25) is 4.72 Å². The molecule has 0 atom stereocenters. The van der Waals surface area contributed by atoms with Gasteiger partial charge in [0, 0.05) is 16.6 Å². The molecule has 0 heterocycles. The highest BCUT2D eigenvalue weighted by Gasteiger charge is 2.24. The van der Waals surface area contributed by atoms with Crippen molar-refractivity contribution in [3.63, 3.8) is 0 Å². The van der Waals surface area contributed by atoms with Crippen molar-refractivity contribution in [2.75, 3.05) is 11.8 Å². The second kappa shape index (κ2) is 7.48. The zero-order valence-corrected chi connectivity index (χ0v) is 14.8. The van der Waals surface area contributed by atoms with Gasteiger partial charge in [0.25, 0.3) is 10.0 Å². The van der Waals surface area contributed by atoms with Crippen molar-refractivity contribution in [1.29, 1.82) is 0 Å². The maximum atomic E-state index is 13.8. The van der Waals surface area contributed by atoms with Crippen LogP contribution in [0.4, 0.5) is 23.2 Å². The molecule has 2 aromatic rings. The van der Waals surface area contributed by atoms with Crippen LogP contribution in [0.1, 0.15) is 0 Å². The Hall–Kier alpha value is -2.01. The van der Waals surface area contributed by atoms with Gasteiger partial charge < -0.3 is 9.47 Å². The lowest BCUT2D eigenvalue weighted by Gasteiger charge is -2.14. The molecule has 0 radical (unpaired) electrons. The standard InChI is InChI=1S/C14H10BrF4NO4S/c1-23-11-3-2-8(6-12(11)24-14(18)19)20-25(21,22)13-9(15)4-7(16)5-10(13)17/h2-6,14,20H,1H3. The Labute approximate surface area is 148 Å². The number of sulfonamides is 1. The van der Waals surface area contributed by atoms with E-state index in [0.29, 0.717) is 6.07 Å². The van der Waals surface area contributed by atoms with E-state index in [2.05, 4.69) is 20.7 Å². The van der Waals surface area contributed by atoms with Crippen LogP contribution >= 0.6 is 15.9 Å². The number of hydrogen-bond acceptors (Lipinski definition) is 4. The summed E-state index contributed by atoms with van der Waals surface area (Å²) in [4.78, 5) is -0.832. The van der Waals surface area contributed by atoms with Crippen molar-refractivity contribution in [2.24, 2.45) is 0 Å². The highest BCUT2D eigenvalue weighted by Crippen LogP contribution is 2.33. The molecule has 1 N–H and O–H groups in total. The molecule has 0 aromatic heterocycles. The van der Waals surface area contributed by atoms with Gasteiger partial charge in [-0.1, -0.05) is 0 Å². The van der Waals surface area contributed by atoms with Crippen LogP contribution in [-0.4, -0.2) is 22.1 Å². The minimum atomic E-state index is -4.48. The van der Waals surface area contributed by atoms with Gasteiger partial charge in [-0.25, -0.2) is 17.2 Å². The summed E-state index contributed by atoms with van der Waals surface area (Å²) in [6, 6.07) is 4.50. The van der Waals surface area contributed by atoms with Gasteiger partial charge in [0.1, 0.15) is 16.5 Å². The molecule has 25 heavy (non-hydrogen) atoms. The molecule has 0 aliphatic rings. The first-order valence-corrected chi connectivity index (χ1v) is 8.72. The van der Waals surface area contributed by atoms with E-state index in [-0.39, 0.29) is 15.9 Å². The number of benzene rings is 2. The Morgan fingerprint density at radius 1 is 1.12 bits per heavy atom. The molecule has 2 aromatic carbocycles. The van der Waals surface area contributed by atoms with Gasteiger partial charge in [0.15, 0.2) is 11.5 Å². The first kappa shape index (κ1) is 19.3. The quantitative estimate of drug-likeness (QED) is 0.681. The normalized spacial score (nSPS) is 11.5. The summed E-state index contributed by atoms with van der Waals surface area (Å²) in [5.74, 6) is -2.77. The summed E-state index contributed by atoms with van der Waals surface area (Å²) in [5.41, 5.74) is -0.188. The van der Waals surface area contributed by atoms with Gasteiger partial charge in [-0.15, -0.1) is 0 Å². The summed E-state index contributed by atoms with van der Waals surface area (Å²) in [6.07, 6.45) is 0. The second-order valence-corrected chi connectivity index (χ2v) is 7.02. The molecule has 0 aliphatic heterocycles. The summed E-state index contributed by atoms with van der Waals surface area (Å²) in [7, 11) is -3.27. The number of hydrogen-bond donors (Lipinski definition) is 1. The van der Waals surface area contributed by atoms with Gasteiger partial charge in [-0.2, -0.15) is 8.78 Å². The molecule has 0 saturated carbocycles. The fraction of sp³-hybridized carbons (Fsp3) is 0.143. The van der Waals surface area contributed by atoms with Crippen LogP contribution in [-0.2, 0) is 10.0 Å². The monoisotopic (exact) mass is 443 g/mol. The predicted octanol–water partition coefficient (Wildman–Crippen LogP) is 4.14. The summed E-state index contributed by atoms with van der Waals surface area (Å²) in [6.45, 7) is -3.16. The van der Waals surface area contributed by atoms with E-state index in [0.717, 1.165) is 12.1 Å². The number of halogens is 5. The van der Waals surface area contributed by atoms with E-state index in [1.165, 1.54) is 19.2 Å². The average molecular weight is 444 g/mol. The Morgan fingerprint density at radius 3 is 2.36 bits per heavy atom. The van der Waals surface area contributed by atoms with E-state index in [9.17, 15) is 26.0 Å². The molecule has 2 rings (SSSR count). The second-order valence-electron chi connectivity index (χ2n) is 4.55. The fourth-order valence-electron chi connectivity index (χ4n) is 1.92. The van der Waals surface area contributed by atoms with Crippen LogP contribution in [0.15, 0.2) is 39.7 Å². The molecule has 136 valence electrons. The Bertz CT molecular complexity index is 869. The van der Waals surface area contributed by atoms with E-state index in [1.807, 2.05) is 4.72 Å². The molecular weight excluding hydrogens is 434 g/mol. The molecule has 0 aliphatic carbocycles. The lowest BCUT2D eigenvalue weighted by atomic mass is 10.3. The van der Waals surface area contributed by atoms with E-state index >= 15 is 0 Å². The van der Waals surface area contributed by atoms with Gasteiger partial charge in [0.05, 0.1) is 12.8 Å². The molecule has 0 saturated heterocycles. The third kappa shape index (κ3) is 4.54. The molecule has 0 fully saturated rings. The summed E-state index contributed by atoms with van der Waals surface area (Å²) >= 11 is 2.77. The predicted molar refractivity (Wildman–Crippen MR) is 84.5 cm³/mol. The lowest BCUT2D eigenvalue weighted by Crippen LogP contribution is -2.16. The molecule has 0 amide bonds. The molecule has 0 bridgehead atoms. The van der Waals surface area contributed by atoms with Gasteiger partial charge in [-0.05, 0) is 34.1 Å². The zero-order valence-electron chi connectivity index (χ0n) is 12.4. The highest BCUT2D eigenvalue weighted by atomic mass is 79.9. The number of alkyl halides is 2. The molecule has 5 nitrogen and oxygen atoms in total. The average Bonchev–Trinajstić information content (AvgIpc) is 2.44. The largest absolute Gasteiger partial charge is 0.493 e. The first-order valence-electron chi connectivity index (χ1n) is 6.44. The zero-order chi connectivity index (χ0) is 18.8. The van der Waals surface area contributed by atoms with Crippen LogP contribution in [0.5, 0.6) is 11.5 Å². The third-order valence-corrected chi connectivity index (χ3v) is 5.21. The first-order chi connectivity index (χ1) is 11.6. The minimum Gasteiger partial charge on any atom is -0.493 e. The van der Waals surface area contributed by atoms with Crippen molar-refractivity contribution in [3.05, 3.63) is 46.4 Å². The molecular formula is C14H10BrF4NO4S. The third-order valence-electron chi connectivity index (χ3n) is 2.86. The number of nitrogens with one attached hydrogen (secondary N) is 1. The van der Waals surface area contributed by atoms with Gasteiger partial charge in [0.2, 0.25) is 0 Å². The Kier molecular flexibility index (Phi) is 5.78. The number of anilines is 1.